The van der Waals surface area contributed by atoms with Gasteiger partial charge in [-0.2, -0.15) is 0 Å². The van der Waals surface area contributed by atoms with Crippen LogP contribution in [0.4, 0.5) is 5.13 Å². The molecule has 5 nitrogen and oxygen atoms in total. The van der Waals surface area contributed by atoms with Crippen molar-refractivity contribution in [1.82, 2.24) is 4.98 Å². The van der Waals surface area contributed by atoms with Crippen molar-refractivity contribution in [2.75, 3.05) is 5.32 Å². The maximum absolute atomic E-state index is 12.8. The Morgan fingerprint density at radius 1 is 1.22 bits per heavy atom. The van der Waals surface area contributed by atoms with E-state index in [0.29, 0.717) is 18.0 Å². The first-order valence-electron chi connectivity index (χ1n) is 7.97. The Kier molecular flexibility index (Phi) is 4.93. The molecule has 1 aromatic heterocycles. The summed E-state index contributed by atoms with van der Waals surface area (Å²) in [7, 11) is -3.51. The number of carbonyl (C=O) groups excluding carboxylic acids is 1. The van der Waals surface area contributed by atoms with Crippen molar-refractivity contribution in [1.29, 1.82) is 0 Å². The zero-order chi connectivity index (χ0) is 17.5. The number of sulfone groups is 1. The summed E-state index contributed by atoms with van der Waals surface area (Å²) in [4.78, 5) is 17.0. The lowest BCUT2D eigenvalue weighted by atomic mass is 9.93. The van der Waals surface area contributed by atoms with E-state index < -0.39 is 25.7 Å². The van der Waals surface area contributed by atoms with Gasteiger partial charge in [0.05, 0.1) is 10.9 Å². The molecule has 130 valence electrons. The van der Waals surface area contributed by atoms with Crippen LogP contribution >= 0.6 is 11.3 Å². The average molecular weight is 359 g/mol. The van der Waals surface area contributed by atoms with Gasteiger partial charge in [0.2, 0.25) is 5.91 Å². The maximum Gasteiger partial charge on any atom is 0.247 e. The van der Waals surface area contributed by atoms with Gasteiger partial charge in [0.15, 0.2) is 15.0 Å². The molecule has 0 spiro atoms. The van der Waals surface area contributed by atoms with Gasteiger partial charge >= 0.3 is 0 Å². The minimum Gasteiger partial charge on any atom is -0.301 e. The van der Waals surface area contributed by atoms with E-state index in [0.717, 1.165) is 18.5 Å². The highest BCUT2D eigenvalue weighted by atomic mass is 32.2. The molecule has 0 bridgehead atoms. The van der Waals surface area contributed by atoms with Gasteiger partial charge in [-0.1, -0.05) is 33.6 Å². The molecule has 1 heterocycles. The summed E-state index contributed by atoms with van der Waals surface area (Å²) in [6.07, 6.45) is 3.15. The third-order valence-corrected chi connectivity index (χ3v) is 8.21. The molecule has 0 saturated heterocycles. The van der Waals surface area contributed by atoms with Crippen LogP contribution in [0.5, 0.6) is 0 Å². The molecular weight excluding hydrogens is 332 g/mol. The summed E-state index contributed by atoms with van der Waals surface area (Å²) in [5.74, 6) is -0.501. The molecule has 23 heavy (non-hydrogen) atoms. The minimum atomic E-state index is -3.51. The Morgan fingerprint density at radius 3 is 2.26 bits per heavy atom. The second-order valence-electron chi connectivity index (χ2n) is 7.70. The molecule has 1 amide bonds. The maximum atomic E-state index is 12.8. The van der Waals surface area contributed by atoms with E-state index >= 15 is 0 Å². The molecule has 1 aromatic rings. The number of hydrogen-bond donors (Lipinski definition) is 1. The zero-order valence-corrected chi connectivity index (χ0v) is 16.1. The molecule has 1 N–H and O–H groups in total. The molecule has 7 heteroatoms. The highest BCUT2D eigenvalue weighted by Crippen LogP contribution is 2.33. The van der Waals surface area contributed by atoms with Gasteiger partial charge < -0.3 is 5.32 Å². The highest BCUT2D eigenvalue weighted by Gasteiger charge is 2.47. The molecule has 1 aliphatic rings. The summed E-state index contributed by atoms with van der Waals surface area (Å²) >= 11 is 1.33. The van der Waals surface area contributed by atoms with Crippen molar-refractivity contribution >= 4 is 32.2 Å². The van der Waals surface area contributed by atoms with Gasteiger partial charge in [-0.3, -0.25) is 4.79 Å². The standard InChI is InChI=1S/C16H26N2O3S2/c1-15(2,3)12-10-22-14(17-12)18-13(19)16(4,5)23(20,21)11-8-6-7-9-11/h10-11H,6-9H2,1-5H3,(H,17,18,19). The van der Waals surface area contributed by atoms with E-state index in [4.69, 9.17) is 0 Å². The molecule has 2 rings (SSSR count). The summed E-state index contributed by atoms with van der Waals surface area (Å²) in [5, 5.41) is 4.65. The third kappa shape index (κ3) is 3.60. The lowest BCUT2D eigenvalue weighted by Crippen LogP contribution is -2.48. The molecule has 1 fully saturated rings. The number of thiazole rings is 1. The van der Waals surface area contributed by atoms with Crippen molar-refractivity contribution in [3.8, 4) is 0 Å². The molecular formula is C16H26N2O3S2. The van der Waals surface area contributed by atoms with Crippen LogP contribution < -0.4 is 5.32 Å². The molecule has 1 aliphatic carbocycles. The summed E-state index contributed by atoms with van der Waals surface area (Å²) < 4.78 is 24.1. The first-order valence-corrected chi connectivity index (χ1v) is 10.4. The Hall–Kier alpha value is -0.950. The van der Waals surface area contributed by atoms with Gasteiger partial charge in [-0.15, -0.1) is 11.3 Å². The Balaban J connectivity index is 2.17. The van der Waals surface area contributed by atoms with Crippen molar-refractivity contribution in [3.63, 3.8) is 0 Å². The number of anilines is 1. The number of aromatic nitrogens is 1. The van der Waals surface area contributed by atoms with Gasteiger partial charge in [0, 0.05) is 10.8 Å². The number of amides is 1. The zero-order valence-electron chi connectivity index (χ0n) is 14.5. The lowest BCUT2D eigenvalue weighted by Gasteiger charge is -2.26. The fourth-order valence-corrected chi connectivity index (χ4v) is 5.70. The summed E-state index contributed by atoms with van der Waals surface area (Å²) in [6.45, 7) is 9.12. The predicted molar refractivity (Wildman–Crippen MR) is 94.7 cm³/mol. The molecule has 0 radical (unpaired) electrons. The number of nitrogens with one attached hydrogen (secondary N) is 1. The first-order chi connectivity index (χ1) is 10.5. The molecule has 0 aromatic carbocycles. The Bertz CT molecular complexity index is 678. The van der Waals surface area contributed by atoms with Crippen LogP contribution in [0.25, 0.3) is 0 Å². The SMILES string of the molecule is CC(C)(C)c1csc(NC(=O)C(C)(C)S(=O)(=O)C2CCCC2)n1. The van der Waals surface area contributed by atoms with E-state index in [9.17, 15) is 13.2 Å². The van der Waals surface area contributed by atoms with Gasteiger partial charge in [-0.25, -0.2) is 13.4 Å². The molecule has 0 aliphatic heterocycles. The number of hydrogen-bond acceptors (Lipinski definition) is 5. The van der Waals surface area contributed by atoms with Crippen molar-refractivity contribution in [3.05, 3.63) is 11.1 Å². The summed E-state index contributed by atoms with van der Waals surface area (Å²) in [6, 6.07) is 0. The van der Waals surface area contributed by atoms with Crippen LogP contribution in [0.2, 0.25) is 0 Å². The van der Waals surface area contributed by atoms with E-state index in [1.54, 1.807) is 0 Å². The van der Waals surface area contributed by atoms with E-state index in [-0.39, 0.29) is 5.41 Å². The second kappa shape index (κ2) is 6.16. The molecule has 0 unspecified atom stereocenters. The van der Waals surface area contributed by atoms with Gasteiger partial charge in [-0.05, 0) is 26.7 Å². The van der Waals surface area contributed by atoms with Crippen LogP contribution in [-0.4, -0.2) is 29.3 Å². The number of rotatable bonds is 4. The predicted octanol–water partition coefficient (Wildman–Crippen LogP) is 3.52. The van der Waals surface area contributed by atoms with E-state index in [2.05, 4.69) is 10.3 Å². The van der Waals surface area contributed by atoms with Gasteiger partial charge in [0.25, 0.3) is 0 Å². The minimum absolute atomic E-state index is 0.106. The average Bonchev–Trinajstić information content (AvgIpc) is 3.08. The quantitative estimate of drug-likeness (QED) is 0.893. The fraction of sp³-hybridized carbons (Fsp3) is 0.750. The number of nitrogens with zero attached hydrogens (tertiary/aromatic N) is 1. The van der Waals surface area contributed by atoms with Gasteiger partial charge in [0.1, 0.15) is 4.75 Å². The monoisotopic (exact) mass is 358 g/mol. The second-order valence-corrected chi connectivity index (χ2v) is 11.3. The van der Waals surface area contributed by atoms with Crippen molar-refractivity contribution < 1.29 is 13.2 Å². The van der Waals surface area contributed by atoms with Crippen LogP contribution in [0.15, 0.2) is 5.38 Å². The van der Waals surface area contributed by atoms with Crippen molar-refractivity contribution in [2.45, 2.75) is 75.7 Å². The normalized spacial score (nSPS) is 17.4. The molecule has 1 saturated carbocycles. The van der Waals surface area contributed by atoms with E-state index in [1.807, 2.05) is 26.2 Å². The first kappa shape index (κ1) is 18.4. The largest absolute Gasteiger partial charge is 0.301 e. The van der Waals surface area contributed by atoms with E-state index in [1.165, 1.54) is 25.2 Å². The molecule has 0 atom stereocenters. The van der Waals surface area contributed by atoms with Crippen LogP contribution in [0, 0.1) is 0 Å². The highest BCUT2D eigenvalue weighted by molar-refractivity contribution is 7.94. The third-order valence-electron chi connectivity index (χ3n) is 4.49. The van der Waals surface area contributed by atoms with Crippen LogP contribution in [-0.2, 0) is 20.0 Å². The Morgan fingerprint density at radius 2 is 1.78 bits per heavy atom. The number of carbonyl (C=O) groups is 1. The van der Waals surface area contributed by atoms with Crippen LogP contribution in [0.1, 0.15) is 66.0 Å². The Labute approximate surface area is 142 Å². The van der Waals surface area contributed by atoms with Crippen molar-refractivity contribution in [2.24, 2.45) is 0 Å². The fourth-order valence-electron chi connectivity index (χ4n) is 2.67. The smallest absolute Gasteiger partial charge is 0.247 e. The topological polar surface area (TPSA) is 76.1 Å². The lowest BCUT2D eigenvalue weighted by molar-refractivity contribution is -0.117. The summed E-state index contributed by atoms with van der Waals surface area (Å²) in [5.41, 5.74) is 0.777. The van der Waals surface area contributed by atoms with Crippen LogP contribution in [0.3, 0.4) is 0 Å².